The summed E-state index contributed by atoms with van der Waals surface area (Å²) in [5.74, 6) is 1.27. The Balaban J connectivity index is 1.47. The quantitative estimate of drug-likeness (QED) is 0.738. The van der Waals surface area contributed by atoms with Gasteiger partial charge in [-0.3, -0.25) is 9.69 Å². The highest BCUT2D eigenvalue weighted by Crippen LogP contribution is 2.27. The zero-order valence-corrected chi connectivity index (χ0v) is 17.1. The molecule has 1 fully saturated rings. The van der Waals surface area contributed by atoms with Crippen molar-refractivity contribution in [3.8, 4) is 11.5 Å². The van der Waals surface area contributed by atoms with Crippen molar-refractivity contribution in [2.24, 2.45) is 5.92 Å². The first-order valence-corrected chi connectivity index (χ1v) is 10.0. The van der Waals surface area contributed by atoms with Crippen LogP contribution in [0.1, 0.15) is 24.0 Å². The summed E-state index contributed by atoms with van der Waals surface area (Å²) in [5, 5.41) is 3.07. The van der Waals surface area contributed by atoms with E-state index in [0.29, 0.717) is 18.0 Å². The van der Waals surface area contributed by atoms with Gasteiger partial charge in [0, 0.05) is 19.6 Å². The fourth-order valence-corrected chi connectivity index (χ4v) is 3.77. The van der Waals surface area contributed by atoms with Crippen molar-refractivity contribution < 1.29 is 18.7 Å². The number of amides is 1. The third kappa shape index (κ3) is 5.94. The van der Waals surface area contributed by atoms with Crippen molar-refractivity contribution >= 4 is 5.91 Å². The van der Waals surface area contributed by atoms with Crippen molar-refractivity contribution in [1.82, 2.24) is 10.2 Å². The van der Waals surface area contributed by atoms with Gasteiger partial charge in [-0.2, -0.15) is 0 Å². The largest absolute Gasteiger partial charge is 0.493 e. The smallest absolute Gasteiger partial charge is 0.224 e. The van der Waals surface area contributed by atoms with Gasteiger partial charge in [0.2, 0.25) is 5.91 Å². The van der Waals surface area contributed by atoms with E-state index in [1.165, 1.54) is 12.1 Å². The summed E-state index contributed by atoms with van der Waals surface area (Å²) in [7, 11) is 3.23. The number of rotatable bonds is 8. The Hall–Kier alpha value is -2.60. The molecule has 3 rings (SSSR count). The lowest BCUT2D eigenvalue weighted by atomic mass is 9.96. The Kier molecular flexibility index (Phi) is 7.47. The molecule has 1 atom stereocenters. The number of hydrogen-bond acceptors (Lipinski definition) is 4. The van der Waals surface area contributed by atoms with Gasteiger partial charge in [0.1, 0.15) is 5.82 Å². The van der Waals surface area contributed by atoms with Crippen molar-refractivity contribution in [3.63, 3.8) is 0 Å². The second kappa shape index (κ2) is 10.3. The van der Waals surface area contributed by atoms with Crippen LogP contribution in [0.2, 0.25) is 0 Å². The highest BCUT2D eigenvalue weighted by Gasteiger charge is 2.25. The SMILES string of the molecule is COc1ccc(CCNC(=O)[C@@H]2CCCN(Cc3ccc(F)cc3)C2)cc1OC. The zero-order valence-electron chi connectivity index (χ0n) is 17.1. The van der Waals surface area contributed by atoms with Crippen LogP contribution < -0.4 is 14.8 Å². The maximum atomic E-state index is 13.1. The Morgan fingerprint density at radius 2 is 1.83 bits per heavy atom. The van der Waals surface area contributed by atoms with Gasteiger partial charge in [-0.25, -0.2) is 4.39 Å². The van der Waals surface area contributed by atoms with Crippen LogP contribution in [-0.4, -0.2) is 44.7 Å². The Morgan fingerprint density at radius 3 is 2.55 bits per heavy atom. The molecule has 0 spiro atoms. The molecule has 2 aromatic rings. The number of nitrogens with one attached hydrogen (secondary N) is 1. The van der Waals surface area contributed by atoms with Gasteiger partial charge in [-0.05, 0) is 61.2 Å². The lowest BCUT2D eigenvalue weighted by molar-refractivity contribution is -0.126. The van der Waals surface area contributed by atoms with Gasteiger partial charge >= 0.3 is 0 Å². The lowest BCUT2D eigenvalue weighted by Crippen LogP contribution is -2.43. The molecule has 0 aromatic heterocycles. The monoisotopic (exact) mass is 400 g/mol. The van der Waals surface area contributed by atoms with Gasteiger partial charge in [-0.15, -0.1) is 0 Å². The normalized spacial score (nSPS) is 17.0. The van der Waals surface area contributed by atoms with Crippen LogP contribution in [0.3, 0.4) is 0 Å². The molecule has 1 aliphatic heterocycles. The van der Waals surface area contributed by atoms with Crippen LogP contribution in [0.5, 0.6) is 11.5 Å². The average molecular weight is 400 g/mol. The fraction of sp³-hybridized carbons (Fsp3) is 0.435. The minimum absolute atomic E-state index is 0.00500. The minimum atomic E-state index is -0.223. The zero-order chi connectivity index (χ0) is 20.6. The van der Waals surface area contributed by atoms with Gasteiger partial charge in [-0.1, -0.05) is 18.2 Å². The summed E-state index contributed by atoms with van der Waals surface area (Å²) in [4.78, 5) is 14.9. The Bertz CT molecular complexity index is 810. The van der Waals surface area contributed by atoms with E-state index < -0.39 is 0 Å². The summed E-state index contributed by atoms with van der Waals surface area (Å²) < 4.78 is 23.7. The first-order chi connectivity index (χ1) is 14.1. The van der Waals surface area contributed by atoms with Gasteiger partial charge in [0.15, 0.2) is 11.5 Å². The van der Waals surface area contributed by atoms with E-state index >= 15 is 0 Å². The van der Waals surface area contributed by atoms with Gasteiger partial charge < -0.3 is 14.8 Å². The number of ether oxygens (including phenoxy) is 2. The second-order valence-electron chi connectivity index (χ2n) is 7.43. The number of halogens is 1. The molecule has 156 valence electrons. The molecular formula is C23H29FN2O3. The Morgan fingerprint density at radius 1 is 1.10 bits per heavy atom. The van der Waals surface area contributed by atoms with E-state index in [9.17, 15) is 9.18 Å². The molecule has 1 heterocycles. The topological polar surface area (TPSA) is 50.8 Å². The molecule has 1 N–H and O–H groups in total. The van der Waals surface area contributed by atoms with Crippen molar-refractivity contribution in [3.05, 3.63) is 59.4 Å². The number of piperidine rings is 1. The molecule has 0 aliphatic carbocycles. The van der Waals surface area contributed by atoms with E-state index in [4.69, 9.17) is 9.47 Å². The molecule has 0 saturated carbocycles. The average Bonchev–Trinajstić information content (AvgIpc) is 2.75. The van der Waals surface area contributed by atoms with E-state index in [1.54, 1.807) is 14.2 Å². The number of benzene rings is 2. The van der Waals surface area contributed by atoms with Crippen LogP contribution in [0.4, 0.5) is 4.39 Å². The predicted octanol–water partition coefficient (Wildman–Crippen LogP) is 3.41. The fourth-order valence-electron chi connectivity index (χ4n) is 3.77. The number of nitrogens with zero attached hydrogens (tertiary/aromatic N) is 1. The standard InChI is InChI=1S/C23H29FN2O3/c1-28-21-10-7-17(14-22(21)29-2)11-12-25-23(27)19-4-3-13-26(16-19)15-18-5-8-20(24)9-6-18/h5-10,14,19H,3-4,11-13,15-16H2,1-2H3,(H,25,27)/t19-/m1/s1. The number of carbonyl (C=O) groups excluding carboxylic acids is 1. The van der Waals surface area contributed by atoms with E-state index in [2.05, 4.69) is 10.2 Å². The third-order valence-electron chi connectivity index (χ3n) is 5.36. The minimum Gasteiger partial charge on any atom is -0.493 e. The third-order valence-corrected chi connectivity index (χ3v) is 5.36. The molecule has 5 nitrogen and oxygen atoms in total. The molecule has 2 aromatic carbocycles. The van der Waals surface area contributed by atoms with Crippen LogP contribution in [0.25, 0.3) is 0 Å². The number of carbonyl (C=O) groups is 1. The molecule has 1 amide bonds. The van der Waals surface area contributed by atoms with E-state index in [-0.39, 0.29) is 17.6 Å². The number of hydrogen-bond donors (Lipinski definition) is 1. The molecule has 6 heteroatoms. The van der Waals surface area contributed by atoms with Crippen LogP contribution >= 0.6 is 0 Å². The second-order valence-corrected chi connectivity index (χ2v) is 7.43. The molecule has 1 saturated heterocycles. The van der Waals surface area contributed by atoms with Crippen molar-refractivity contribution in [2.45, 2.75) is 25.8 Å². The molecular weight excluding hydrogens is 371 g/mol. The molecule has 1 aliphatic rings. The van der Waals surface area contributed by atoms with E-state index in [1.807, 2.05) is 30.3 Å². The highest BCUT2D eigenvalue weighted by atomic mass is 19.1. The highest BCUT2D eigenvalue weighted by molar-refractivity contribution is 5.79. The number of likely N-dealkylation sites (tertiary alicyclic amines) is 1. The summed E-state index contributed by atoms with van der Waals surface area (Å²) in [5.41, 5.74) is 2.16. The van der Waals surface area contributed by atoms with Crippen LogP contribution in [0, 0.1) is 11.7 Å². The van der Waals surface area contributed by atoms with Crippen molar-refractivity contribution in [1.29, 1.82) is 0 Å². The summed E-state index contributed by atoms with van der Waals surface area (Å²) in [6.07, 6.45) is 2.63. The van der Waals surface area contributed by atoms with Crippen molar-refractivity contribution in [2.75, 3.05) is 33.9 Å². The summed E-state index contributed by atoms with van der Waals surface area (Å²) in [6.45, 7) is 3.03. The number of methoxy groups -OCH3 is 2. The Labute approximate surface area is 171 Å². The van der Waals surface area contributed by atoms with Crippen LogP contribution in [-0.2, 0) is 17.8 Å². The maximum absolute atomic E-state index is 13.1. The van der Waals surface area contributed by atoms with Gasteiger partial charge in [0.05, 0.1) is 20.1 Å². The first kappa shape index (κ1) is 21.1. The van der Waals surface area contributed by atoms with Gasteiger partial charge in [0.25, 0.3) is 0 Å². The lowest BCUT2D eigenvalue weighted by Gasteiger charge is -2.32. The predicted molar refractivity (Wildman–Crippen MR) is 111 cm³/mol. The maximum Gasteiger partial charge on any atom is 0.224 e. The first-order valence-electron chi connectivity index (χ1n) is 10.0. The summed E-state index contributed by atoms with van der Waals surface area (Å²) in [6, 6.07) is 12.4. The molecule has 0 radical (unpaired) electrons. The summed E-state index contributed by atoms with van der Waals surface area (Å²) >= 11 is 0. The van der Waals surface area contributed by atoms with E-state index in [0.717, 1.165) is 50.0 Å². The van der Waals surface area contributed by atoms with Crippen LogP contribution in [0.15, 0.2) is 42.5 Å². The molecule has 0 bridgehead atoms. The molecule has 29 heavy (non-hydrogen) atoms. The molecule has 0 unspecified atom stereocenters.